The maximum absolute atomic E-state index is 13.0. The monoisotopic (exact) mass is 401 g/mol. The van der Waals surface area contributed by atoms with Gasteiger partial charge >= 0.3 is 0 Å². The molecular weight excluding hydrogens is 387 g/mol. The molecule has 138 valence electrons. The normalized spacial score (nSPS) is 15.2. The van der Waals surface area contributed by atoms with Crippen LogP contribution in [0.1, 0.15) is 40.9 Å². The van der Waals surface area contributed by atoms with Crippen molar-refractivity contribution in [2.45, 2.75) is 31.2 Å². The standard InChI is InChI=1S/C17H15Cl2F2N3O2/c1-24-8-11(14(23-24)15(20)21)16(26)22-17(4-5-17)13(25)6-9-2-3-10(18)7-12(9)19/h2-3,7-8,15H,4-6H2,1H3,(H,22,26). The molecule has 0 radical (unpaired) electrons. The molecular formula is C17H15Cl2F2N3O2. The van der Waals surface area contributed by atoms with Crippen molar-refractivity contribution in [3.63, 3.8) is 0 Å². The van der Waals surface area contributed by atoms with Gasteiger partial charge in [-0.15, -0.1) is 0 Å². The van der Waals surface area contributed by atoms with Crippen molar-refractivity contribution < 1.29 is 18.4 Å². The van der Waals surface area contributed by atoms with E-state index in [4.69, 9.17) is 23.2 Å². The second kappa shape index (κ2) is 6.96. The molecule has 0 unspecified atom stereocenters. The Hall–Kier alpha value is -1.99. The zero-order valence-electron chi connectivity index (χ0n) is 13.7. The fourth-order valence-electron chi connectivity index (χ4n) is 2.73. The molecule has 0 bridgehead atoms. The van der Waals surface area contributed by atoms with Gasteiger partial charge in [0.2, 0.25) is 0 Å². The second-order valence-corrected chi connectivity index (χ2v) is 7.12. The number of rotatable bonds is 6. The van der Waals surface area contributed by atoms with Crippen LogP contribution >= 0.6 is 23.2 Å². The first kappa shape index (κ1) is 18.8. The Kier molecular flexibility index (Phi) is 5.03. The molecule has 1 aromatic heterocycles. The van der Waals surface area contributed by atoms with Gasteiger partial charge in [0.25, 0.3) is 12.3 Å². The highest BCUT2D eigenvalue weighted by Crippen LogP contribution is 2.38. The lowest BCUT2D eigenvalue weighted by Gasteiger charge is -2.17. The average molecular weight is 402 g/mol. The summed E-state index contributed by atoms with van der Waals surface area (Å²) in [5.74, 6) is -0.959. The number of amides is 1. The average Bonchev–Trinajstić information content (AvgIpc) is 3.23. The summed E-state index contributed by atoms with van der Waals surface area (Å²) < 4.78 is 27.2. The quantitative estimate of drug-likeness (QED) is 0.801. The number of halogens is 4. The fourth-order valence-corrected chi connectivity index (χ4v) is 3.21. The number of Topliss-reactive ketones (excluding diaryl/α,β-unsaturated/α-hetero) is 1. The lowest BCUT2D eigenvalue weighted by atomic mass is 10.0. The summed E-state index contributed by atoms with van der Waals surface area (Å²) in [6, 6.07) is 4.81. The van der Waals surface area contributed by atoms with Crippen molar-refractivity contribution in [1.82, 2.24) is 15.1 Å². The van der Waals surface area contributed by atoms with Crippen molar-refractivity contribution in [1.29, 1.82) is 0 Å². The number of benzene rings is 1. The number of nitrogens with zero attached hydrogens (tertiary/aromatic N) is 2. The van der Waals surface area contributed by atoms with Crippen LogP contribution < -0.4 is 5.32 Å². The largest absolute Gasteiger partial charge is 0.339 e. The minimum Gasteiger partial charge on any atom is -0.339 e. The second-order valence-electron chi connectivity index (χ2n) is 6.27. The Balaban J connectivity index is 1.75. The molecule has 1 amide bonds. The molecule has 1 N–H and O–H groups in total. The first-order valence-electron chi connectivity index (χ1n) is 7.83. The van der Waals surface area contributed by atoms with Crippen LogP contribution in [0.4, 0.5) is 8.78 Å². The number of nitrogens with one attached hydrogen (secondary N) is 1. The molecule has 1 aliphatic carbocycles. The molecule has 1 saturated carbocycles. The van der Waals surface area contributed by atoms with E-state index < -0.39 is 23.6 Å². The van der Waals surface area contributed by atoms with E-state index in [1.807, 2.05) is 0 Å². The van der Waals surface area contributed by atoms with Crippen LogP contribution in [-0.2, 0) is 18.3 Å². The molecule has 2 aromatic rings. The van der Waals surface area contributed by atoms with E-state index in [0.717, 1.165) is 4.68 Å². The summed E-state index contributed by atoms with van der Waals surface area (Å²) in [4.78, 5) is 25.1. The smallest absolute Gasteiger partial charge is 0.282 e. The van der Waals surface area contributed by atoms with Gasteiger partial charge in [-0.05, 0) is 30.5 Å². The van der Waals surface area contributed by atoms with Crippen molar-refractivity contribution in [3.05, 3.63) is 51.3 Å². The highest BCUT2D eigenvalue weighted by Gasteiger charge is 2.50. The molecule has 0 spiro atoms. The zero-order valence-corrected chi connectivity index (χ0v) is 15.2. The molecule has 26 heavy (non-hydrogen) atoms. The topological polar surface area (TPSA) is 64.0 Å². The van der Waals surface area contributed by atoms with Gasteiger partial charge in [0.05, 0.1) is 11.1 Å². The van der Waals surface area contributed by atoms with E-state index in [1.54, 1.807) is 12.1 Å². The third-order valence-electron chi connectivity index (χ3n) is 4.31. The van der Waals surface area contributed by atoms with Crippen LogP contribution in [0.3, 0.4) is 0 Å². The third-order valence-corrected chi connectivity index (χ3v) is 4.90. The third kappa shape index (κ3) is 3.73. The molecule has 1 heterocycles. The van der Waals surface area contributed by atoms with Gasteiger partial charge < -0.3 is 5.32 Å². The molecule has 1 aliphatic rings. The molecule has 1 aromatic carbocycles. The maximum Gasteiger partial charge on any atom is 0.282 e. The highest BCUT2D eigenvalue weighted by atomic mass is 35.5. The van der Waals surface area contributed by atoms with Crippen LogP contribution in [0.25, 0.3) is 0 Å². The van der Waals surface area contributed by atoms with E-state index in [2.05, 4.69) is 10.4 Å². The molecule has 0 atom stereocenters. The fraction of sp³-hybridized carbons (Fsp3) is 0.353. The van der Waals surface area contributed by atoms with Crippen molar-refractivity contribution >= 4 is 34.9 Å². The molecule has 1 fully saturated rings. The number of carbonyl (C=O) groups excluding carboxylic acids is 2. The Morgan fingerprint density at radius 2 is 2.04 bits per heavy atom. The van der Waals surface area contributed by atoms with Gasteiger partial charge in [0, 0.05) is 29.7 Å². The Labute approximate surface area is 158 Å². The number of aromatic nitrogens is 2. The van der Waals surface area contributed by atoms with Gasteiger partial charge in [-0.1, -0.05) is 29.3 Å². The van der Waals surface area contributed by atoms with Crippen molar-refractivity contribution in [2.75, 3.05) is 0 Å². The minimum absolute atomic E-state index is 0.0189. The predicted molar refractivity (Wildman–Crippen MR) is 92.8 cm³/mol. The SMILES string of the molecule is Cn1cc(C(=O)NC2(C(=O)Cc3ccc(Cl)cc3Cl)CC2)c(C(F)F)n1. The predicted octanol–water partition coefficient (Wildman–Crippen LogP) is 3.74. The van der Waals surface area contributed by atoms with E-state index >= 15 is 0 Å². The summed E-state index contributed by atoms with van der Waals surface area (Å²) in [5.41, 5.74) is -1.29. The number of hydrogen-bond acceptors (Lipinski definition) is 3. The summed E-state index contributed by atoms with van der Waals surface area (Å²) in [7, 11) is 1.45. The van der Waals surface area contributed by atoms with Crippen LogP contribution in [0.5, 0.6) is 0 Å². The van der Waals surface area contributed by atoms with Gasteiger partial charge in [-0.2, -0.15) is 5.10 Å². The molecule has 9 heteroatoms. The van der Waals surface area contributed by atoms with Gasteiger partial charge in [0.1, 0.15) is 5.69 Å². The summed E-state index contributed by atoms with van der Waals surface area (Å²) in [6.07, 6.45) is -0.742. The Morgan fingerprint density at radius 3 is 2.62 bits per heavy atom. The zero-order chi connectivity index (χ0) is 19.1. The summed E-state index contributed by atoms with van der Waals surface area (Å²) in [6.45, 7) is 0. The van der Waals surface area contributed by atoms with Gasteiger partial charge in [-0.3, -0.25) is 14.3 Å². The number of hydrogen-bond donors (Lipinski definition) is 1. The van der Waals surface area contributed by atoms with Crippen molar-refractivity contribution in [2.24, 2.45) is 7.05 Å². The number of carbonyl (C=O) groups is 2. The first-order chi connectivity index (χ1) is 12.2. The maximum atomic E-state index is 13.0. The molecule has 5 nitrogen and oxygen atoms in total. The van der Waals surface area contributed by atoms with E-state index in [-0.39, 0.29) is 17.8 Å². The lowest BCUT2D eigenvalue weighted by molar-refractivity contribution is -0.121. The van der Waals surface area contributed by atoms with Crippen LogP contribution in [0.2, 0.25) is 10.0 Å². The number of alkyl halides is 2. The van der Waals surface area contributed by atoms with Gasteiger partial charge in [0.15, 0.2) is 5.78 Å². The van der Waals surface area contributed by atoms with E-state index in [1.165, 1.54) is 19.3 Å². The van der Waals surface area contributed by atoms with Crippen LogP contribution in [0.15, 0.2) is 24.4 Å². The Bertz CT molecular complexity index is 879. The number of aryl methyl sites for hydroxylation is 1. The summed E-state index contributed by atoms with van der Waals surface area (Å²) in [5, 5.41) is 7.02. The van der Waals surface area contributed by atoms with Crippen LogP contribution in [0, 0.1) is 0 Å². The Morgan fingerprint density at radius 1 is 1.35 bits per heavy atom. The summed E-state index contributed by atoms with van der Waals surface area (Å²) >= 11 is 11.9. The number of ketones is 1. The molecule has 0 aliphatic heterocycles. The molecule has 0 saturated heterocycles. The molecule has 3 rings (SSSR count). The van der Waals surface area contributed by atoms with E-state index in [0.29, 0.717) is 28.5 Å². The van der Waals surface area contributed by atoms with Crippen LogP contribution in [-0.4, -0.2) is 27.0 Å². The van der Waals surface area contributed by atoms with Gasteiger partial charge in [-0.25, -0.2) is 8.78 Å². The highest BCUT2D eigenvalue weighted by molar-refractivity contribution is 6.35. The minimum atomic E-state index is -2.88. The van der Waals surface area contributed by atoms with E-state index in [9.17, 15) is 18.4 Å². The lowest BCUT2D eigenvalue weighted by Crippen LogP contribution is -2.44. The first-order valence-corrected chi connectivity index (χ1v) is 8.59. The van der Waals surface area contributed by atoms with Crippen molar-refractivity contribution in [3.8, 4) is 0 Å².